The fourth-order valence-electron chi connectivity index (χ4n) is 1.30. The van der Waals surface area contributed by atoms with Gasteiger partial charge in [0.05, 0.1) is 6.61 Å². The van der Waals surface area contributed by atoms with Crippen LogP contribution in [0.2, 0.25) is 10.0 Å². The Labute approximate surface area is 107 Å². The van der Waals surface area contributed by atoms with Crippen LogP contribution in [0.3, 0.4) is 0 Å². The zero-order valence-electron chi connectivity index (χ0n) is 9.56. The van der Waals surface area contributed by atoms with Gasteiger partial charge in [0.2, 0.25) is 0 Å². The molecule has 0 radical (unpaired) electrons. The summed E-state index contributed by atoms with van der Waals surface area (Å²) in [6.07, 6.45) is 0.839. The molecule has 0 saturated heterocycles. The summed E-state index contributed by atoms with van der Waals surface area (Å²) in [4.78, 5) is 0. The van der Waals surface area contributed by atoms with Crippen LogP contribution < -0.4 is 5.32 Å². The van der Waals surface area contributed by atoms with E-state index in [1.807, 2.05) is 32.0 Å². The lowest BCUT2D eigenvalue weighted by Crippen LogP contribution is -2.44. The Morgan fingerprint density at radius 3 is 2.31 bits per heavy atom. The van der Waals surface area contributed by atoms with Crippen LogP contribution in [0.4, 0.5) is 0 Å². The predicted octanol–water partition coefficient (Wildman–Crippen LogP) is 3.24. The molecule has 1 atom stereocenters. The van der Waals surface area contributed by atoms with Gasteiger partial charge in [0.25, 0.3) is 0 Å². The molecule has 0 spiro atoms. The summed E-state index contributed by atoms with van der Waals surface area (Å²) in [5, 5.41) is 13.8. The lowest BCUT2D eigenvalue weighted by molar-refractivity contribution is 0.169. The molecule has 4 heteroatoms. The van der Waals surface area contributed by atoms with Crippen molar-refractivity contribution in [3.05, 3.63) is 33.8 Å². The molecule has 1 aromatic carbocycles. The van der Waals surface area contributed by atoms with Crippen molar-refractivity contribution < 1.29 is 5.11 Å². The molecule has 0 fully saturated rings. The largest absolute Gasteiger partial charge is 0.394 e. The molecule has 90 valence electrons. The molecule has 0 amide bonds. The number of hydrogen-bond acceptors (Lipinski definition) is 2. The molecule has 1 aromatic rings. The predicted molar refractivity (Wildman–Crippen MR) is 69.1 cm³/mol. The molecule has 2 nitrogen and oxygen atoms in total. The second-order valence-corrected chi connectivity index (χ2v) is 4.94. The Morgan fingerprint density at radius 2 is 1.88 bits per heavy atom. The maximum Gasteiger partial charge on any atom is 0.0610 e. The second kappa shape index (κ2) is 5.87. The first-order valence-corrected chi connectivity index (χ1v) is 6.07. The first-order valence-electron chi connectivity index (χ1n) is 5.31. The van der Waals surface area contributed by atoms with Gasteiger partial charge in [-0.05, 0) is 25.5 Å². The van der Waals surface area contributed by atoms with Crippen LogP contribution in [0.1, 0.15) is 25.8 Å². The Morgan fingerprint density at radius 1 is 1.31 bits per heavy atom. The van der Waals surface area contributed by atoms with Gasteiger partial charge in [0, 0.05) is 27.7 Å². The molecule has 1 unspecified atom stereocenters. The molecule has 1 rings (SSSR count). The highest BCUT2D eigenvalue weighted by Gasteiger charge is 2.20. The van der Waals surface area contributed by atoms with Crippen LogP contribution >= 0.6 is 23.2 Å². The normalized spacial score (nSPS) is 14.8. The number of aliphatic hydroxyl groups is 1. The van der Waals surface area contributed by atoms with Crippen LogP contribution in [-0.4, -0.2) is 17.3 Å². The molecule has 16 heavy (non-hydrogen) atoms. The van der Waals surface area contributed by atoms with Crippen LogP contribution in [-0.2, 0) is 6.54 Å². The summed E-state index contributed by atoms with van der Waals surface area (Å²) in [6.45, 7) is 4.64. The maximum atomic E-state index is 9.27. The highest BCUT2D eigenvalue weighted by molar-refractivity contribution is 6.35. The monoisotopic (exact) mass is 261 g/mol. The molecule has 0 aliphatic heterocycles. The number of nitrogens with one attached hydrogen (secondary N) is 1. The first kappa shape index (κ1) is 13.8. The lowest BCUT2D eigenvalue weighted by atomic mass is 10.00. The van der Waals surface area contributed by atoms with E-state index in [-0.39, 0.29) is 12.1 Å². The van der Waals surface area contributed by atoms with Gasteiger partial charge in [-0.25, -0.2) is 0 Å². The summed E-state index contributed by atoms with van der Waals surface area (Å²) in [7, 11) is 0. The van der Waals surface area contributed by atoms with Crippen molar-refractivity contribution in [1.29, 1.82) is 0 Å². The van der Waals surface area contributed by atoms with Crippen molar-refractivity contribution in [3.8, 4) is 0 Å². The van der Waals surface area contributed by atoms with E-state index in [4.69, 9.17) is 23.2 Å². The van der Waals surface area contributed by atoms with Crippen molar-refractivity contribution in [2.45, 2.75) is 32.4 Å². The fourth-order valence-corrected chi connectivity index (χ4v) is 1.83. The summed E-state index contributed by atoms with van der Waals surface area (Å²) in [5.41, 5.74) is 0.585. The second-order valence-electron chi connectivity index (χ2n) is 4.13. The first-order chi connectivity index (χ1) is 7.52. The van der Waals surface area contributed by atoms with Gasteiger partial charge in [0.15, 0.2) is 0 Å². The van der Waals surface area contributed by atoms with Crippen molar-refractivity contribution in [3.63, 3.8) is 0 Å². The number of halogens is 2. The minimum atomic E-state index is -0.289. The summed E-state index contributed by atoms with van der Waals surface area (Å²) in [6, 6.07) is 5.44. The molecule has 2 N–H and O–H groups in total. The maximum absolute atomic E-state index is 9.27. The van der Waals surface area contributed by atoms with Crippen molar-refractivity contribution >= 4 is 23.2 Å². The number of aliphatic hydroxyl groups excluding tert-OH is 1. The topological polar surface area (TPSA) is 32.3 Å². The standard InChI is InChI=1S/C12H17Cl2NO/c1-3-12(2,8-16)15-7-9-10(13)5-4-6-11(9)14/h4-6,15-16H,3,7-8H2,1-2H3. The van der Waals surface area contributed by atoms with Gasteiger partial charge in [-0.3, -0.25) is 0 Å². The molecule has 0 saturated carbocycles. The van der Waals surface area contributed by atoms with Crippen molar-refractivity contribution in [2.24, 2.45) is 0 Å². The van der Waals surface area contributed by atoms with Gasteiger partial charge in [-0.1, -0.05) is 36.2 Å². The average molecular weight is 262 g/mol. The third kappa shape index (κ3) is 3.36. The van der Waals surface area contributed by atoms with E-state index in [0.717, 1.165) is 12.0 Å². The molecule has 0 aliphatic rings. The molecule has 0 heterocycles. The van der Waals surface area contributed by atoms with Crippen LogP contribution in [0, 0.1) is 0 Å². The van der Waals surface area contributed by atoms with E-state index < -0.39 is 0 Å². The number of rotatable bonds is 5. The average Bonchev–Trinajstić information content (AvgIpc) is 2.28. The quantitative estimate of drug-likeness (QED) is 0.853. The SMILES string of the molecule is CCC(C)(CO)NCc1c(Cl)cccc1Cl. The lowest BCUT2D eigenvalue weighted by Gasteiger charge is -2.27. The van der Waals surface area contributed by atoms with Crippen molar-refractivity contribution in [2.75, 3.05) is 6.61 Å². The third-order valence-corrected chi connectivity index (χ3v) is 3.59. The van der Waals surface area contributed by atoms with Gasteiger partial charge in [0.1, 0.15) is 0 Å². The van der Waals surface area contributed by atoms with E-state index in [2.05, 4.69) is 5.32 Å². The smallest absolute Gasteiger partial charge is 0.0610 e. The van der Waals surface area contributed by atoms with Gasteiger partial charge >= 0.3 is 0 Å². The Balaban J connectivity index is 2.75. The zero-order chi connectivity index (χ0) is 12.2. The fraction of sp³-hybridized carbons (Fsp3) is 0.500. The minimum Gasteiger partial charge on any atom is -0.394 e. The molecule has 0 aliphatic carbocycles. The Hall–Kier alpha value is -0.280. The molecule has 0 aromatic heterocycles. The molecule has 0 bridgehead atoms. The van der Waals surface area contributed by atoms with E-state index >= 15 is 0 Å². The van der Waals surface area contributed by atoms with Crippen molar-refractivity contribution in [1.82, 2.24) is 5.32 Å². The van der Waals surface area contributed by atoms with Gasteiger partial charge in [-0.15, -0.1) is 0 Å². The van der Waals surface area contributed by atoms with Crippen LogP contribution in [0.15, 0.2) is 18.2 Å². The summed E-state index contributed by atoms with van der Waals surface area (Å²) >= 11 is 12.1. The molecular weight excluding hydrogens is 245 g/mol. The number of hydrogen-bond donors (Lipinski definition) is 2. The van der Waals surface area contributed by atoms with E-state index in [1.54, 1.807) is 0 Å². The summed E-state index contributed by atoms with van der Waals surface area (Å²) in [5.74, 6) is 0. The van der Waals surface area contributed by atoms with Crippen LogP contribution in [0.5, 0.6) is 0 Å². The van der Waals surface area contributed by atoms with E-state index in [0.29, 0.717) is 16.6 Å². The number of benzene rings is 1. The zero-order valence-corrected chi connectivity index (χ0v) is 11.1. The van der Waals surface area contributed by atoms with E-state index in [1.165, 1.54) is 0 Å². The van der Waals surface area contributed by atoms with E-state index in [9.17, 15) is 5.11 Å². The third-order valence-electron chi connectivity index (χ3n) is 2.88. The highest BCUT2D eigenvalue weighted by atomic mass is 35.5. The summed E-state index contributed by atoms with van der Waals surface area (Å²) < 4.78 is 0. The highest BCUT2D eigenvalue weighted by Crippen LogP contribution is 2.24. The van der Waals surface area contributed by atoms with Gasteiger partial charge in [-0.2, -0.15) is 0 Å². The Kier molecular flexibility index (Phi) is 5.06. The minimum absolute atomic E-state index is 0.0889. The van der Waals surface area contributed by atoms with Gasteiger partial charge < -0.3 is 10.4 Å². The Bertz CT molecular complexity index is 331. The van der Waals surface area contributed by atoms with Crippen LogP contribution in [0.25, 0.3) is 0 Å². The molecular formula is C12H17Cl2NO.